The first-order valence-corrected chi connectivity index (χ1v) is 8.45. The summed E-state index contributed by atoms with van der Waals surface area (Å²) >= 11 is 0. The van der Waals surface area contributed by atoms with Gasteiger partial charge in [0.1, 0.15) is 0 Å². The largest absolute Gasteiger partial charge is 0.355 e. The zero-order valence-electron chi connectivity index (χ0n) is 15.1. The van der Waals surface area contributed by atoms with Crippen LogP contribution in [0.15, 0.2) is 60.7 Å². The molecular weight excluding hydrogens is 369 g/mol. The fraction of sp³-hybridized carbons (Fsp3) is 0.350. The quantitative estimate of drug-likeness (QED) is 0.639. The average molecular weight is 398 g/mol. The number of nitrogens with zero attached hydrogens (tertiary/aromatic N) is 1. The number of hydrogen-bond acceptors (Lipinski definition) is 3. The smallest absolute Gasteiger partial charge is 0.237 e. The van der Waals surface area contributed by atoms with E-state index >= 15 is 0 Å². The Morgan fingerprint density at radius 3 is 2.12 bits per heavy atom. The molecule has 0 fully saturated rings. The second-order valence-electron chi connectivity index (χ2n) is 6.16. The molecule has 1 amide bonds. The minimum absolute atomic E-state index is 0. The van der Waals surface area contributed by atoms with Gasteiger partial charge in [0.15, 0.2) is 0 Å². The molecule has 26 heavy (non-hydrogen) atoms. The Kier molecular flexibility index (Phi) is 12.8. The van der Waals surface area contributed by atoms with Crippen molar-refractivity contribution in [3.8, 4) is 0 Å². The molecule has 0 saturated heterocycles. The summed E-state index contributed by atoms with van der Waals surface area (Å²) in [5, 5.41) is 2.93. The number of carbonyl (C=O) groups is 1. The maximum atomic E-state index is 12.0. The van der Waals surface area contributed by atoms with Gasteiger partial charge in [0, 0.05) is 13.1 Å². The molecule has 0 heterocycles. The first-order valence-electron chi connectivity index (χ1n) is 8.45. The lowest BCUT2D eigenvalue weighted by Crippen LogP contribution is -2.42. The van der Waals surface area contributed by atoms with Crippen LogP contribution in [0.25, 0.3) is 0 Å². The van der Waals surface area contributed by atoms with E-state index in [1.165, 1.54) is 5.56 Å². The Labute approximate surface area is 169 Å². The normalized spacial score (nSPS) is 11.2. The van der Waals surface area contributed by atoms with Gasteiger partial charge in [-0.05, 0) is 37.6 Å². The zero-order chi connectivity index (χ0) is 17.2. The lowest BCUT2D eigenvalue weighted by atomic mass is 10.1. The summed E-state index contributed by atoms with van der Waals surface area (Å²) in [6.07, 6.45) is 1.48. The van der Waals surface area contributed by atoms with Gasteiger partial charge in [-0.3, -0.25) is 4.79 Å². The van der Waals surface area contributed by atoms with Gasteiger partial charge in [-0.2, -0.15) is 0 Å². The Morgan fingerprint density at radius 2 is 1.54 bits per heavy atom. The molecule has 0 aliphatic rings. The molecule has 0 aromatic heterocycles. The molecule has 144 valence electrons. The lowest BCUT2D eigenvalue weighted by molar-refractivity contribution is -0.122. The summed E-state index contributed by atoms with van der Waals surface area (Å²) in [4.78, 5) is 14.3. The summed E-state index contributed by atoms with van der Waals surface area (Å²) in [6.45, 7) is 2.51. The summed E-state index contributed by atoms with van der Waals surface area (Å²) in [6, 6.07) is 19.8. The van der Waals surface area contributed by atoms with Crippen LogP contribution in [-0.2, 0) is 17.8 Å². The fourth-order valence-electron chi connectivity index (χ4n) is 2.63. The fourth-order valence-corrected chi connectivity index (χ4v) is 2.63. The first-order chi connectivity index (χ1) is 11.6. The molecule has 3 N–H and O–H groups in total. The average Bonchev–Trinajstić information content (AvgIpc) is 2.60. The van der Waals surface area contributed by atoms with Gasteiger partial charge >= 0.3 is 0 Å². The third-order valence-electron chi connectivity index (χ3n) is 3.95. The molecule has 4 nitrogen and oxygen atoms in total. The minimum Gasteiger partial charge on any atom is -0.355 e. The van der Waals surface area contributed by atoms with Gasteiger partial charge in [-0.25, -0.2) is 0 Å². The Balaban J connectivity index is 0.00000312. The third-order valence-corrected chi connectivity index (χ3v) is 3.95. The summed E-state index contributed by atoms with van der Waals surface area (Å²) < 4.78 is 0. The Bertz CT molecular complexity index is 611. The van der Waals surface area contributed by atoms with E-state index < -0.39 is 6.04 Å². The minimum atomic E-state index is -0.491. The van der Waals surface area contributed by atoms with E-state index in [4.69, 9.17) is 5.73 Å². The highest BCUT2D eigenvalue weighted by Gasteiger charge is 2.13. The van der Waals surface area contributed by atoms with E-state index in [2.05, 4.69) is 41.5 Å². The van der Waals surface area contributed by atoms with E-state index in [1.807, 2.05) is 36.4 Å². The molecule has 2 aromatic rings. The maximum absolute atomic E-state index is 12.0. The predicted molar refractivity (Wildman–Crippen MR) is 113 cm³/mol. The van der Waals surface area contributed by atoms with Crippen molar-refractivity contribution in [2.24, 2.45) is 5.73 Å². The Morgan fingerprint density at radius 1 is 1.00 bits per heavy atom. The van der Waals surface area contributed by atoms with Gasteiger partial charge in [-0.1, -0.05) is 60.7 Å². The van der Waals surface area contributed by atoms with Crippen LogP contribution >= 0.6 is 24.8 Å². The van der Waals surface area contributed by atoms with Gasteiger partial charge in [0.05, 0.1) is 6.04 Å². The SMILES string of the molecule is CN(CCCNC(=O)C(N)Cc1ccccc1)Cc1ccccc1.Cl.Cl. The molecule has 1 unspecified atom stereocenters. The lowest BCUT2D eigenvalue weighted by Gasteiger charge is -2.17. The van der Waals surface area contributed by atoms with Crippen LogP contribution in [0, 0.1) is 0 Å². The topological polar surface area (TPSA) is 58.4 Å². The van der Waals surface area contributed by atoms with Gasteiger partial charge in [-0.15, -0.1) is 24.8 Å². The molecule has 2 rings (SSSR count). The standard InChI is InChI=1S/C20H27N3O.2ClH/c1-23(16-18-11-6-3-7-12-18)14-8-13-22-20(24)19(21)15-17-9-4-2-5-10-17;;/h2-7,9-12,19H,8,13-16,21H2,1H3,(H,22,24);2*1H. The predicted octanol–water partition coefficient (Wildman–Crippen LogP) is 3.04. The zero-order valence-corrected chi connectivity index (χ0v) is 16.8. The van der Waals surface area contributed by atoms with Crippen molar-refractivity contribution in [2.75, 3.05) is 20.1 Å². The van der Waals surface area contributed by atoms with E-state index in [0.29, 0.717) is 13.0 Å². The van der Waals surface area contributed by atoms with Crippen molar-refractivity contribution in [1.29, 1.82) is 0 Å². The molecule has 0 aliphatic carbocycles. The van der Waals surface area contributed by atoms with Crippen molar-refractivity contribution in [1.82, 2.24) is 10.2 Å². The number of amides is 1. The van der Waals surface area contributed by atoms with Crippen LogP contribution in [0.5, 0.6) is 0 Å². The van der Waals surface area contributed by atoms with E-state index in [1.54, 1.807) is 0 Å². The first kappa shape index (κ1) is 24.4. The number of benzene rings is 2. The molecule has 0 spiro atoms. The van der Waals surface area contributed by atoms with Crippen LogP contribution in [0.2, 0.25) is 0 Å². The summed E-state index contributed by atoms with van der Waals surface area (Å²) in [7, 11) is 2.09. The molecule has 2 aromatic carbocycles. The number of nitrogens with two attached hydrogens (primary N) is 1. The molecular formula is C20H29Cl2N3O. The number of carbonyl (C=O) groups excluding carboxylic acids is 1. The maximum Gasteiger partial charge on any atom is 0.237 e. The number of hydrogen-bond donors (Lipinski definition) is 2. The second-order valence-corrected chi connectivity index (χ2v) is 6.16. The molecule has 0 aliphatic heterocycles. The van der Waals surface area contributed by atoms with Gasteiger partial charge in [0.2, 0.25) is 5.91 Å². The summed E-state index contributed by atoms with van der Waals surface area (Å²) in [5.41, 5.74) is 8.36. The third kappa shape index (κ3) is 9.20. The monoisotopic (exact) mass is 397 g/mol. The van der Waals surface area contributed by atoms with Crippen LogP contribution < -0.4 is 11.1 Å². The number of rotatable bonds is 9. The second kappa shape index (κ2) is 13.6. The molecule has 0 bridgehead atoms. The highest BCUT2D eigenvalue weighted by atomic mass is 35.5. The highest BCUT2D eigenvalue weighted by Crippen LogP contribution is 2.03. The molecule has 1 atom stereocenters. The number of halogens is 2. The van der Waals surface area contributed by atoms with Crippen LogP contribution in [0.1, 0.15) is 17.5 Å². The van der Waals surface area contributed by atoms with Crippen molar-refractivity contribution in [2.45, 2.75) is 25.4 Å². The van der Waals surface area contributed by atoms with E-state index in [0.717, 1.165) is 25.1 Å². The van der Waals surface area contributed by atoms with Crippen molar-refractivity contribution in [3.05, 3.63) is 71.8 Å². The van der Waals surface area contributed by atoms with E-state index in [9.17, 15) is 4.79 Å². The van der Waals surface area contributed by atoms with Gasteiger partial charge in [0.25, 0.3) is 0 Å². The van der Waals surface area contributed by atoms with Crippen molar-refractivity contribution < 1.29 is 4.79 Å². The molecule has 0 saturated carbocycles. The molecule has 6 heteroatoms. The van der Waals surface area contributed by atoms with Crippen molar-refractivity contribution in [3.63, 3.8) is 0 Å². The molecule has 0 radical (unpaired) electrons. The summed E-state index contributed by atoms with van der Waals surface area (Å²) in [5.74, 6) is -0.0791. The van der Waals surface area contributed by atoms with E-state index in [-0.39, 0.29) is 30.7 Å². The van der Waals surface area contributed by atoms with Crippen LogP contribution in [0.3, 0.4) is 0 Å². The van der Waals surface area contributed by atoms with Crippen molar-refractivity contribution >= 4 is 30.7 Å². The number of nitrogens with one attached hydrogen (secondary N) is 1. The van der Waals surface area contributed by atoms with Crippen LogP contribution in [0.4, 0.5) is 0 Å². The van der Waals surface area contributed by atoms with Gasteiger partial charge < -0.3 is 16.0 Å². The van der Waals surface area contributed by atoms with Crippen LogP contribution in [-0.4, -0.2) is 37.0 Å². The highest BCUT2D eigenvalue weighted by molar-refractivity contribution is 5.85. The Hall–Kier alpha value is -1.59.